The van der Waals surface area contributed by atoms with Gasteiger partial charge in [0.15, 0.2) is 6.33 Å². The van der Waals surface area contributed by atoms with Gasteiger partial charge < -0.3 is 10.4 Å². The first-order chi connectivity index (χ1) is 12.5. The zero-order valence-corrected chi connectivity index (χ0v) is 14.5. The molecule has 2 heterocycles. The molecule has 3 aliphatic rings. The standard InChI is InChI=1S/C16H22N8O2/c25-13(7-24-19-11-18-21-24)17-9-15(8-14(15)2-1-3-14)10-23-6-12(20-22-23)16(26)4-5-16/h6,11,26H,1-5,7-10H2,(H,17,25). The van der Waals surface area contributed by atoms with Crippen molar-refractivity contribution in [3.8, 4) is 0 Å². The third kappa shape index (κ3) is 2.51. The number of tetrazole rings is 1. The van der Waals surface area contributed by atoms with Gasteiger partial charge >= 0.3 is 0 Å². The molecule has 0 radical (unpaired) electrons. The van der Waals surface area contributed by atoms with E-state index in [-0.39, 0.29) is 17.9 Å². The van der Waals surface area contributed by atoms with Crippen molar-refractivity contribution >= 4 is 5.91 Å². The number of rotatable bonds is 7. The number of hydrogen-bond donors (Lipinski definition) is 2. The van der Waals surface area contributed by atoms with Crippen LogP contribution in [0, 0.1) is 10.8 Å². The minimum atomic E-state index is -0.762. The first kappa shape index (κ1) is 15.9. The maximum absolute atomic E-state index is 12.2. The minimum absolute atomic E-state index is 0.0217. The van der Waals surface area contributed by atoms with Crippen LogP contribution in [-0.4, -0.2) is 52.8 Å². The van der Waals surface area contributed by atoms with Gasteiger partial charge in [-0.3, -0.25) is 9.48 Å². The van der Waals surface area contributed by atoms with Crippen LogP contribution in [-0.2, 0) is 23.5 Å². The lowest BCUT2D eigenvalue weighted by molar-refractivity contribution is -0.122. The predicted octanol–water partition coefficient (Wildman–Crippen LogP) is -0.377. The lowest BCUT2D eigenvalue weighted by atomic mass is 9.75. The molecule has 2 aromatic rings. The summed E-state index contributed by atoms with van der Waals surface area (Å²) in [5.74, 6) is -0.115. The molecule has 2 N–H and O–H groups in total. The van der Waals surface area contributed by atoms with Crippen molar-refractivity contribution in [2.45, 2.75) is 57.2 Å². The molecule has 138 valence electrons. The largest absolute Gasteiger partial charge is 0.383 e. The van der Waals surface area contributed by atoms with Crippen LogP contribution in [0.15, 0.2) is 12.5 Å². The zero-order valence-electron chi connectivity index (χ0n) is 14.5. The van der Waals surface area contributed by atoms with E-state index in [1.165, 1.54) is 30.4 Å². The van der Waals surface area contributed by atoms with Crippen LogP contribution in [0.1, 0.15) is 44.2 Å². The molecule has 10 nitrogen and oxygen atoms in total. The molecule has 1 unspecified atom stereocenters. The summed E-state index contributed by atoms with van der Waals surface area (Å²) in [7, 11) is 0. The van der Waals surface area contributed by atoms with Crippen molar-refractivity contribution in [1.82, 2.24) is 40.5 Å². The van der Waals surface area contributed by atoms with E-state index in [2.05, 4.69) is 31.0 Å². The second-order valence-electron chi connectivity index (χ2n) is 8.17. The smallest absolute Gasteiger partial charge is 0.243 e. The number of nitrogens with zero attached hydrogens (tertiary/aromatic N) is 7. The van der Waals surface area contributed by atoms with E-state index < -0.39 is 5.60 Å². The van der Waals surface area contributed by atoms with E-state index in [0.717, 1.165) is 25.8 Å². The number of nitrogens with one attached hydrogen (secondary N) is 1. The van der Waals surface area contributed by atoms with E-state index in [1.54, 1.807) is 0 Å². The molecule has 0 aliphatic heterocycles. The van der Waals surface area contributed by atoms with Crippen LogP contribution < -0.4 is 5.32 Å². The second kappa shape index (κ2) is 5.32. The molecule has 1 atom stereocenters. The van der Waals surface area contributed by atoms with E-state index in [0.29, 0.717) is 17.7 Å². The Labute approximate surface area is 149 Å². The number of carbonyl (C=O) groups is 1. The first-order valence-electron chi connectivity index (χ1n) is 9.13. The van der Waals surface area contributed by atoms with Gasteiger partial charge in [0.05, 0.1) is 12.7 Å². The van der Waals surface area contributed by atoms with Gasteiger partial charge in [0.2, 0.25) is 5.91 Å². The summed E-state index contributed by atoms with van der Waals surface area (Å²) in [5.41, 5.74) is 0.252. The maximum atomic E-state index is 12.2. The third-order valence-corrected chi connectivity index (χ3v) is 6.49. The Morgan fingerprint density at radius 2 is 2.12 bits per heavy atom. The van der Waals surface area contributed by atoms with Crippen LogP contribution in [0.2, 0.25) is 0 Å². The van der Waals surface area contributed by atoms with Gasteiger partial charge in [-0.05, 0) is 42.7 Å². The van der Waals surface area contributed by atoms with Crippen molar-refractivity contribution in [1.29, 1.82) is 0 Å². The number of carbonyl (C=O) groups excluding carboxylic acids is 1. The van der Waals surface area contributed by atoms with Crippen LogP contribution in [0.3, 0.4) is 0 Å². The van der Waals surface area contributed by atoms with E-state index in [1.807, 2.05) is 10.9 Å². The van der Waals surface area contributed by atoms with Gasteiger partial charge in [-0.15, -0.1) is 15.3 Å². The molecule has 26 heavy (non-hydrogen) atoms. The maximum Gasteiger partial charge on any atom is 0.243 e. The molecule has 3 fully saturated rings. The van der Waals surface area contributed by atoms with Crippen LogP contribution in [0.5, 0.6) is 0 Å². The molecule has 5 rings (SSSR count). The Bertz CT molecular complexity index is 823. The Hall–Kier alpha value is -2.36. The number of amides is 1. The highest BCUT2D eigenvalue weighted by atomic mass is 16.3. The fourth-order valence-corrected chi connectivity index (χ4v) is 4.43. The van der Waals surface area contributed by atoms with Gasteiger partial charge in [-0.2, -0.15) is 4.80 Å². The molecule has 10 heteroatoms. The van der Waals surface area contributed by atoms with Gasteiger partial charge in [0.25, 0.3) is 0 Å². The fourth-order valence-electron chi connectivity index (χ4n) is 4.43. The third-order valence-electron chi connectivity index (χ3n) is 6.49. The summed E-state index contributed by atoms with van der Waals surface area (Å²) >= 11 is 0. The molecular weight excluding hydrogens is 336 g/mol. The van der Waals surface area contributed by atoms with E-state index in [9.17, 15) is 9.90 Å². The van der Waals surface area contributed by atoms with Crippen molar-refractivity contribution < 1.29 is 9.90 Å². The molecule has 3 saturated carbocycles. The first-order valence-corrected chi connectivity index (χ1v) is 9.13. The molecule has 2 aromatic heterocycles. The molecule has 1 spiro atoms. The summed E-state index contributed by atoms with van der Waals surface area (Å²) in [6, 6.07) is 0. The average molecular weight is 358 g/mol. The second-order valence-corrected chi connectivity index (χ2v) is 8.17. The highest BCUT2D eigenvalue weighted by Gasteiger charge is 2.69. The number of aromatic nitrogens is 7. The molecule has 0 bridgehead atoms. The van der Waals surface area contributed by atoms with Crippen molar-refractivity contribution in [2.24, 2.45) is 10.8 Å². The van der Waals surface area contributed by atoms with Crippen LogP contribution in [0.4, 0.5) is 0 Å². The van der Waals surface area contributed by atoms with E-state index in [4.69, 9.17) is 0 Å². The normalized spacial score (nSPS) is 27.1. The van der Waals surface area contributed by atoms with Crippen LogP contribution in [0.25, 0.3) is 0 Å². The van der Waals surface area contributed by atoms with Gasteiger partial charge in [0, 0.05) is 12.0 Å². The Morgan fingerprint density at radius 3 is 2.73 bits per heavy atom. The molecular formula is C16H22N8O2. The fraction of sp³-hybridized carbons (Fsp3) is 0.750. The molecule has 3 aliphatic carbocycles. The van der Waals surface area contributed by atoms with E-state index >= 15 is 0 Å². The van der Waals surface area contributed by atoms with Crippen LogP contribution >= 0.6 is 0 Å². The lowest BCUT2D eigenvalue weighted by Gasteiger charge is -2.33. The monoisotopic (exact) mass is 358 g/mol. The Kier molecular flexibility index (Phi) is 3.25. The van der Waals surface area contributed by atoms with Crippen molar-refractivity contribution in [2.75, 3.05) is 6.54 Å². The van der Waals surface area contributed by atoms with Gasteiger partial charge in [0.1, 0.15) is 17.8 Å². The highest BCUT2D eigenvalue weighted by Crippen LogP contribution is 2.74. The topological polar surface area (TPSA) is 124 Å². The summed E-state index contributed by atoms with van der Waals surface area (Å²) in [5, 5.41) is 32.8. The average Bonchev–Trinajstić information content (AvgIpc) is 3.28. The minimum Gasteiger partial charge on any atom is -0.383 e. The summed E-state index contributed by atoms with van der Waals surface area (Å²) in [6.45, 7) is 1.40. The number of aliphatic hydroxyl groups is 1. The lowest BCUT2D eigenvalue weighted by Crippen LogP contribution is -2.39. The van der Waals surface area contributed by atoms with Gasteiger partial charge in [-0.1, -0.05) is 11.6 Å². The van der Waals surface area contributed by atoms with Crippen molar-refractivity contribution in [3.63, 3.8) is 0 Å². The molecule has 0 saturated heterocycles. The summed E-state index contributed by atoms with van der Waals surface area (Å²) < 4.78 is 1.84. The number of hydrogen-bond acceptors (Lipinski definition) is 7. The predicted molar refractivity (Wildman–Crippen MR) is 87.3 cm³/mol. The summed E-state index contributed by atoms with van der Waals surface area (Å²) in [4.78, 5) is 13.5. The van der Waals surface area contributed by atoms with Crippen molar-refractivity contribution in [3.05, 3.63) is 18.2 Å². The quantitative estimate of drug-likeness (QED) is 0.691. The highest BCUT2D eigenvalue weighted by molar-refractivity contribution is 5.75. The summed E-state index contributed by atoms with van der Waals surface area (Å²) in [6.07, 6.45) is 9.45. The Morgan fingerprint density at radius 1 is 1.27 bits per heavy atom. The van der Waals surface area contributed by atoms with Gasteiger partial charge in [-0.25, -0.2) is 0 Å². The Balaban J connectivity index is 1.25. The zero-order chi connectivity index (χ0) is 17.8. The SMILES string of the molecule is O=C(Cn1ncnn1)NCC1(Cn2cc(C3(O)CC3)nn2)CC12CCC2. The molecule has 0 aromatic carbocycles. The molecule has 1 amide bonds.